The Morgan fingerprint density at radius 2 is 1.65 bits per heavy atom. The molecule has 0 heterocycles. The van der Waals surface area contributed by atoms with Crippen LogP contribution in [0.5, 0.6) is 11.5 Å². The predicted molar refractivity (Wildman–Crippen MR) is 89.7 cm³/mol. The molecule has 0 fully saturated rings. The van der Waals surface area contributed by atoms with E-state index in [4.69, 9.17) is 15.2 Å². The van der Waals surface area contributed by atoms with Gasteiger partial charge < -0.3 is 15.2 Å². The molecule has 0 amide bonds. The highest BCUT2D eigenvalue weighted by atomic mass is 19.3. The minimum Gasteiger partial charge on any atom is -0.496 e. The van der Waals surface area contributed by atoms with E-state index in [1.54, 1.807) is 14.2 Å². The van der Waals surface area contributed by atoms with Crippen molar-refractivity contribution in [2.45, 2.75) is 64.3 Å². The molecule has 0 aliphatic rings. The number of unbranched alkanes of at least 4 members (excludes halogenated alkanes) is 1. The molecule has 1 aromatic carbocycles. The van der Waals surface area contributed by atoms with Crippen molar-refractivity contribution in [1.82, 2.24) is 0 Å². The van der Waals surface area contributed by atoms with Gasteiger partial charge in [-0.25, -0.2) is 8.78 Å². The first kappa shape index (κ1) is 19.7. The number of alkyl halides is 2. The number of aryl methyl sites for hydroxylation is 1. The van der Waals surface area contributed by atoms with E-state index in [1.807, 2.05) is 19.1 Å². The summed E-state index contributed by atoms with van der Waals surface area (Å²) < 4.78 is 36.6. The molecule has 5 heteroatoms. The number of hydrogen-bond donors (Lipinski definition) is 1. The average molecular weight is 329 g/mol. The van der Waals surface area contributed by atoms with Gasteiger partial charge in [-0.2, -0.15) is 0 Å². The summed E-state index contributed by atoms with van der Waals surface area (Å²) in [5.74, 6) is -1.04. The van der Waals surface area contributed by atoms with Gasteiger partial charge in [-0.05, 0) is 62.3 Å². The summed E-state index contributed by atoms with van der Waals surface area (Å²) in [6, 6.07) is 3.98. The average Bonchev–Trinajstić information content (AvgIpc) is 2.50. The molecular formula is C18H29F2NO2. The summed E-state index contributed by atoms with van der Waals surface area (Å²) in [4.78, 5) is 0. The van der Waals surface area contributed by atoms with Gasteiger partial charge in [-0.1, -0.05) is 6.92 Å². The summed E-state index contributed by atoms with van der Waals surface area (Å²) in [6.07, 6.45) is 3.39. The van der Waals surface area contributed by atoms with E-state index in [2.05, 4.69) is 0 Å². The zero-order valence-corrected chi connectivity index (χ0v) is 14.6. The van der Waals surface area contributed by atoms with Gasteiger partial charge >= 0.3 is 0 Å². The third-order valence-electron chi connectivity index (χ3n) is 4.00. The Morgan fingerprint density at radius 3 is 2.17 bits per heavy atom. The molecule has 3 nitrogen and oxygen atoms in total. The van der Waals surface area contributed by atoms with Crippen molar-refractivity contribution < 1.29 is 18.3 Å². The molecule has 0 aliphatic carbocycles. The highest BCUT2D eigenvalue weighted by molar-refractivity contribution is 5.47. The SMILES string of the molecule is CCC(N)Cc1cc(OC)c(CCCCC(C)(F)F)cc1OC. The van der Waals surface area contributed by atoms with Crippen molar-refractivity contribution in [2.75, 3.05) is 14.2 Å². The number of hydrogen-bond acceptors (Lipinski definition) is 3. The first-order valence-corrected chi connectivity index (χ1v) is 8.18. The number of halogens is 2. The lowest BCUT2D eigenvalue weighted by atomic mass is 9.98. The highest BCUT2D eigenvalue weighted by Gasteiger charge is 2.20. The van der Waals surface area contributed by atoms with Crippen LogP contribution in [-0.4, -0.2) is 26.2 Å². The fraction of sp³-hybridized carbons (Fsp3) is 0.667. The van der Waals surface area contributed by atoms with Crippen LogP contribution >= 0.6 is 0 Å². The summed E-state index contributed by atoms with van der Waals surface area (Å²) in [7, 11) is 3.25. The molecule has 0 radical (unpaired) electrons. The molecule has 0 spiro atoms. The Balaban J connectivity index is 2.82. The summed E-state index contributed by atoms with van der Waals surface area (Å²) in [5, 5.41) is 0. The maximum absolute atomic E-state index is 12.9. The van der Waals surface area contributed by atoms with Crippen molar-refractivity contribution in [3.05, 3.63) is 23.3 Å². The van der Waals surface area contributed by atoms with Crippen LogP contribution in [0.15, 0.2) is 12.1 Å². The minimum atomic E-state index is -2.60. The van der Waals surface area contributed by atoms with Crippen LogP contribution in [0.1, 0.15) is 50.7 Å². The Hall–Kier alpha value is -1.36. The molecule has 0 bridgehead atoms. The predicted octanol–water partition coefficient (Wildman–Crippen LogP) is 4.35. The smallest absolute Gasteiger partial charge is 0.245 e. The number of methoxy groups -OCH3 is 2. The molecule has 132 valence electrons. The van der Waals surface area contributed by atoms with Crippen molar-refractivity contribution in [3.8, 4) is 11.5 Å². The molecular weight excluding hydrogens is 300 g/mol. The van der Waals surface area contributed by atoms with Gasteiger partial charge in [0.1, 0.15) is 11.5 Å². The fourth-order valence-corrected chi connectivity index (χ4v) is 2.56. The number of benzene rings is 1. The van der Waals surface area contributed by atoms with Crippen molar-refractivity contribution >= 4 is 0 Å². The minimum absolute atomic E-state index is 0.0752. The van der Waals surface area contributed by atoms with Crippen molar-refractivity contribution in [3.63, 3.8) is 0 Å². The molecule has 23 heavy (non-hydrogen) atoms. The van der Waals surface area contributed by atoms with Crippen LogP contribution in [0, 0.1) is 0 Å². The van der Waals surface area contributed by atoms with Crippen molar-refractivity contribution in [1.29, 1.82) is 0 Å². The van der Waals surface area contributed by atoms with E-state index >= 15 is 0 Å². The molecule has 1 rings (SSSR count). The molecule has 1 aromatic rings. The third kappa shape index (κ3) is 6.73. The largest absolute Gasteiger partial charge is 0.496 e. The standard InChI is InChI=1S/C18H29F2NO2/c1-5-15(21)10-14-12-16(22-3)13(11-17(14)23-4)8-6-7-9-18(2,19)20/h11-12,15H,5-10,21H2,1-4H3. The van der Waals surface area contributed by atoms with Crippen LogP contribution in [0.2, 0.25) is 0 Å². The number of ether oxygens (including phenoxy) is 2. The van der Waals surface area contributed by atoms with Gasteiger partial charge in [-0.15, -0.1) is 0 Å². The summed E-state index contributed by atoms with van der Waals surface area (Å²) >= 11 is 0. The summed E-state index contributed by atoms with van der Waals surface area (Å²) in [6.45, 7) is 3.01. The fourth-order valence-electron chi connectivity index (χ4n) is 2.56. The van der Waals surface area contributed by atoms with Gasteiger partial charge in [0.25, 0.3) is 0 Å². The van der Waals surface area contributed by atoms with E-state index < -0.39 is 5.92 Å². The van der Waals surface area contributed by atoms with E-state index in [0.29, 0.717) is 19.3 Å². The van der Waals surface area contributed by atoms with Crippen molar-refractivity contribution in [2.24, 2.45) is 5.73 Å². The molecule has 0 aliphatic heterocycles. The van der Waals surface area contributed by atoms with Crippen LogP contribution < -0.4 is 15.2 Å². The van der Waals surface area contributed by atoms with Gasteiger partial charge in [0, 0.05) is 12.5 Å². The molecule has 2 N–H and O–H groups in total. The van der Waals surface area contributed by atoms with E-state index in [1.165, 1.54) is 0 Å². The third-order valence-corrected chi connectivity index (χ3v) is 4.00. The monoisotopic (exact) mass is 329 g/mol. The first-order chi connectivity index (χ1) is 10.8. The Bertz CT molecular complexity index is 487. The second-order valence-corrected chi connectivity index (χ2v) is 6.13. The second-order valence-electron chi connectivity index (χ2n) is 6.13. The first-order valence-electron chi connectivity index (χ1n) is 8.18. The molecule has 0 saturated heterocycles. The quantitative estimate of drug-likeness (QED) is 0.649. The number of rotatable bonds is 10. The molecule has 0 saturated carbocycles. The number of nitrogens with two attached hydrogens (primary N) is 1. The van der Waals surface area contributed by atoms with Crippen LogP contribution in [-0.2, 0) is 12.8 Å². The Labute approximate surface area is 138 Å². The Kier molecular flexibility index (Phi) is 7.76. The molecule has 0 aromatic heterocycles. The lowest BCUT2D eigenvalue weighted by molar-refractivity contribution is 0.0105. The lowest BCUT2D eigenvalue weighted by Crippen LogP contribution is -2.21. The van der Waals surface area contributed by atoms with E-state index in [9.17, 15) is 8.78 Å². The van der Waals surface area contributed by atoms with Gasteiger partial charge in [0.15, 0.2) is 0 Å². The topological polar surface area (TPSA) is 44.5 Å². The van der Waals surface area contributed by atoms with E-state index in [-0.39, 0.29) is 12.5 Å². The van der Waals surface area contributed by atoms with Crippen LogP contribution in [0.3, 0.4) is 0 Å². The molecule has 1 atom stereocenters. The normalized spacial score (nSPS) is 13.0. The lowest BCUT2D eigenvalue weighted by Gasteiger charge is -2.17. The molecule has 1 unspecified atom stereocenters. The summed E-state index contributed by atoms with van der Waals surface area (Å²) in [5.41, 5.74) is 8.03. The van der Waals surface area contributed by atoms with Crippen LogP contribution in [0.4, 0.5) is 8.78 Å². The maximum Gasteiger partial charge on any atom is 0.245 e. The van der Waals surface area contributed by atoms with E-state index in [0.717, 1.165) is 42.4 Å². The van der Waals surface area contributed by atoms with Gasteiger partial charge in [-0.3, -0.25) is 0 Å². The van der Waals surface area contributed by atoms with Gasteiger partial charge in [0.2, 0.25) is 5.92 Å². The van der Waals surface area contributed by atoms with Crippen LogP contribution in [0.25, 0.3) is 0 Å². The zero-order valence-electron chi connectivity index (χ0n) is 14.6. The second kappa shape index (κ2) is 9.06. The van der Waals surface area contributed by atoms with Gasteiger partial charge in [0.05, 0.1) is 14.2 Å². The Morgan fingerprint density at radius 1 is 1.09 bits per heavy atom. The maximum atomic E-state index is 12.9. The highest BCUT2D eigenvalue weighted by Crippen LogP contribution is 2.31. The zero-order chi connectivity index (χ0) is 17.5.